The van der Waals surface area contributed by atoms with Gasteiger partial charge in [0, 0.05) is 10.3 Å². The molecular weight excluding hydrogens is 401 g/mol. The van der Waals surface area contributed by atoms with Gasteiger partial charge in [0.2, 0.25) is 15.9 Å². The normalized spacial score (nSPS) is 12.8. The molecule has 25 heavy (non-hydrogen) atoms. The van der Waals surface area contributed by atoms with Gasteiger partial charge in [-0.3, -0.25) is 4.79 Å². The average Bonchev–Trinajstić information content (AvgIpc) is 2.43. The van der Waals surface area contributed by atoms with Crippen LogP contribution < -0.4 is 5.73 Å². The number of amides is 1. The van der Waals surface area contributed by atoms with Gasteiger partial charge in [-0.1, -0.05) is 31.5 Å². The number of benzene rings is 1. The van der Waals surface area contributed by atoms with Gasteiger partial charge in [0.15, 0.2) is 0 Å². The molecule has 0 aliphatic carbocycles. The highest BCUT2D eigenvalue weighted by Gasteiger charge is 2.32. The Morgan fingerprint density at radius 2 is 1.96 bits per heavy atom. The van der Waals surface area contributed by atoms with Crippen LogP contribution in [0.1, 0.15) is 25.0 Å². The van der Waals surface area contributed by atoms with Crippen LogP contribution >= 0.6 is 23.4 Å². The van der Waals surface area contributed by atoms with Crippen molar-refractivity contribution in [3.63, 3.8) is 0 Å². The maximum atomic E-state index is 12.6. The molecule has 11 heteroatoms. The second-order valence-electron chi connectivity index (χ2n) is 5.48. The summed E-state index contributed by atoms with van der Waals surface area (Å²) in [6.07, 6.45) is -4.58. The van der Waals surface area contributed by atoms with Crippen molar-refractivity contribution < 1.29 is 26.4 Å². The second kappa shape index (κ2) is 8.61. The van der Waals surface area contributed by atoms with Crippen molar-refractivity contribution in [2.75, 3.05) is 12.4 Å². The van der Waals surface area contributed by atoms with E-state index in [9.17, 15) is 26.4 Å². The van der Waals surface area contributed by atoms with E-state index in [2.05, 4.69) is 0 Å². The molecule has 0 aliphatic rings. The Morgan fingerprint density at radius 3 is 2.40 bits per heavy atom. The van der Waals surface area contributed by atoms with E-state index in [1.165, 1.54) is 11.8 Å². The summed E-state index contributed by atoms with van der Waals surface area (Å²) in [5, 5.41) is -0.200. The first kappa shape index (κ1) is 22.1. The van der Waals surface area contributed by atoms with Crippen molar-refractivity contribution in [1.82, 2.24) is 4.31 Å². The van der Waals surface area contributed by atoms with E-state index in [0.29, 0.717) is 6.07 Å². The molecule has 0 aromatic heterocycles. The van der Waals surface area contributed by atoms with Crippen LogP contribution in [-0.4, -0.2) is 36.3 Å². The molecule has 1 amide bonds. The van der Waals surface area contributed by atoms with Crippen LogP contribution in [0.15, 0.2) is 18.2 Å². The summed E-state index contributed by atoms with van der Waals surface area (Å²) in [7, 11) is -3.99. The Balaban J connectivity index is 3.05. The summed E-state index contributed by atoms with van der Waals surface area (Å²) in [4.78, 5) is 11.1. The molecule has 0 radical (unpaired) electrons. The fourth-order valence-corrected chi connectivity index (χ4v) is 4.62. The van der Waals surface area contributed by atoms with Crippen LogP contribution in [0.5, 0.6) is 0 Å². The third kappa shape index (κ3) is 7.04. The molecule has 0 heterocycles. The van der Waals surface area contributed by atoms with Crippen molar-refractivity contribution in [3.05, 3.63) is 34.3 Å². The lowest BCUT2D eigenvalue weighted by Crippen LogP contribution is -2.39. The predicted octanol–water partition coefficient (Wildman–Crippen LogP) is 3.08. The van der Waals surface area contributed by atoms with Crippen molar-refractivity contribution in [2.45, 2.75) is 31.0 Å². The van der Waals surface area contributed by atoms with Crippen LogP contribution in [0.25, 0.3) is 0 Å². The van der Waals surface area contributed by atoms with Gasteiger partial charge in [0.05, 0.1) is 23.7 Å². The van der Waals surface area contributed by atoms with E-state index in [1.807, 2.05) is 13.8 Å². The molecule has 0 spiro atoms. The van der Waals surface area contributed by atoms with Crippen LogP contribution in [0.2, 0.25) is 5.02 Å². The van der Waals surface area contributed by atoms with Crippen LogP contribution in [0.3, 0.4) is 0 Å². The molecule has 1 aromatic carbocycles. The minimum absolute atomic E-state index is 0.00118. The zero-order valence-electron chi connectivity index (χ0n) is 13.5. The number of nitrogens with zero attached hydrogens (tertiary/aromatic N) is 1. The molecule has 1 aromatic rings. The number of carbonyl (C=O) groups excluding carboxylic acids is 1. The smallest absolute Gasteiger partial charge is 0.369 e. The van der Waals surface area contributed by atoms with Gasteiger partial charge in [0.1, 0.15) is 0 Å². The van der Waals surface area contributed by atoms with Crippen LogP contribution in [-0.2, 0) is 26.7 Å². The highest BCUT2D eigenvalue weighted by Crippen LogP contribution is 2.32. The summed E-state index contributed by atoms with van der Waals surface area (Å²) in [6, 6.07) is 2.45. The Morgan fingerprint density at radius 1 is 1.36 bits per heavy atom. The average molecular weight is 419 g/mol. The molecule has 2 N–H and O–H groups in total. The number of thioether (sulfide) groups is 1. The van der Waals surface area contributed by atoms with E-state index in [1.54, 1.807) is 0 Å². The molecule has 0 atom stereocenters. The Kier molecular flexibility index (Phi) is 7.60. The number of hydrogen-bond donors (Lipinski definition) is 1. The fourth-order valence-electron chi connectivity index (χ4n) is 1.76. The van der Waals surface area contributed by atoms with Gasteiger partial charge in [-0.2, -0.15) is 17.5 Å². The molecule has 0 unspecified atom stereocenters. The number of hydrogen-bond acceptors (Lipinski definition) is 4. The zero-order chi connectivity index (χ0) is 19.4. The molecule has 142 valence electrons. The number of sulfonamides is 1. The lowest BCUT2D eigenvalue weighted by Gasteiger charge is -2.21. The molecule has 0 fully saturated rings. The van der Waals surface area contributed by atoms with Crippen molar-refractivity contribution >= 4 is 39.3 Å². The maximum absolute atomic E-state index is 12.6. The molecule has 1 rings (SSSR count). The van der Waals surface area contributed by atoms with Gasteiger partial charge in [-0.05, 0) is 17.7 Å². The quantitative estimate of drug-likeness (QED) is 0.658. The Hall–Kier alpha value is -0.970. The largest absolute Gasteiger partial charge is 0.416 e. The molecular formula is C14H18ClF3N2O3S2. The molecule has 0 bridgehead atoms. The highest BCUT2D eigenvalue weighted by atomic mass is 35.5. The summed E-state index contributed by atoms with van der Waals surface area (Å²) in [5.74, 6) is -1.46. The summed E-state index contributed by atoms with van der Waals surface area (Å²) >= 11 is 7.09. The van der Waals surface area contributed by atoms with Crippen LogP contribution in [0, 0.1) is 0 Å². The lowest BCUT2D eigenvalue weighted by molar-refractivity contribution is -0.137. The topological polar surface area (TPSA) is 80.5 Å². The van der Waals surface area contributed by atoms with Gasteiger partial charge in [-0.15, -0.1) is 11.8 Å². The fraction of sp³-hybridized carbons (Fsp3) is 0.500. The summed E-state index contributed by atoms with van der Waals surface area (Å²) in [6.45, 7) is 3.19. The number of carbonyl (C=O) groups is 1. The third-order valence-electron chi connectivity index (χ3n) is 3.00. The maximum Gasteiger partial charge on any atom is 0.416 e. The van der Waals surface area contributed by atoms with E-state index >= 15 is 0 Å². The first-order valence-corrected chi connectivity index (χ1v) is 10.1. The van der Waals surface area contributed by atoms with Crippen molar-refractivity contribution in [3.8, 4) is 0 Å². The predicted molar refractivity (Wildman–Crippen MR) is 92.6 cm³/mol. The van der Waals surface area contributed by atoms with Gasteiger partial charge < -0.3 is 5.73 Å². The first-order chi connectivity index (χ1) is 11.3. The van der Waals surface area contributed by atoms with Crippen molar-refractivity contribution in [1.29, 1.82) is 0 Å². The number of primary amides is 1. The van der Waals surface area contributed by atoms with E-state index in [0.717, 1.165) is 16.4 Å². The Labute approximate surface area is 153 Å². The zero-order valence-corrected chi connectivity index (χ0v) is 15.9. The summed E-state index contributed by atoms with van der Waals surface area (Å²) in [5.41, 5.74) is 4.13. The highest BCUT2D eigenvalue weighted by molar-refractivity contribution is 8.00. The molecule has 5 nitrogen and oxygen atoms in total. The van der Waals surface area contributed by atoms with Gasteiger partial charge in [0.25, 0.3) is 0 Å². The first-order valence-electron chi connectivity index (χ1n) is 7.06. The van der Waals surface area contributed by atoms with E-state index < -0.39 is 40.0 Å². The molecule has 0 saturated carbocycles. The minimum Gasteiger partial charge on any atom is -0.369 e. The number of halogens is 4. The Bertz CT molecular complexity index is 725. The minimum atomic E-state index is -4.58. The lowest BCUT2D eigenvalue weighted by atomic mass is 10.1. The monoisotopic (exact) mass is 418 g/mol. The number of rotatable bonds is 8. The van der Waals surface area contributed by atoms with Gasteiger partial charge in [-0.25, -0.2) is 8.42 Å². The molecule has 0 aliphatic heterocycles. The second-order valence-corrected chi connectivity index (χ2v) is 9.39. The van der Waals surface area contributed by atoms with E-state index in [4.69, 9.17) is 17.3 Å². The van der Waals surface area contributed by atoms with Crippen LogP contribution in [0.4, 0.5) is 13.2 Å². The van der Waals surface area contributed by atoms with Gasteiger partial charge >= 0.3 is 6.18 Å². The number of nitrogens with two attached hydrogens (primary N) is 1. The standard InChI is InChI=1S/C14H18ClF3N2O3S2/c1-9(2)24-8-20(6-13(19)21)25(22,23)7-10-3-4-11(5-12(10)15)14(16,17)18/h3-5,9H,6-8H2,1-2H3,(H2,19,21). The van der Waals surface area contributed by atoms with Crippen molar-refractivity contribution in [2.24, 2.45) is 5.73 Å². The third-order valence-corrected chi connectivity index (χ3v) is 6.36. The summed E-state index contributed by atoms with van der Waals surface area (Å²) < 4.78 is 63.8. The number of alkyl halides is 3. The van der Waals surface area contributed by atoms with E-state index in [-0.39, 0.29) is 21.7 Å². The molecule has 0 saturated heterocycles. The SMILES string of the molecule is CC(C)SCN(CC(N)=O)S(=O)(=O)Cc1ccc(C(F)(F)F)cc1Cl.